The van der Waals surface area contributed by atoms with Gasteiger partial charge in [-0.1, -0.05) is 0 Å². The molecular formula is C16H21FN2O3S. The van der Waals surface area contributed by atoms with Gasteiger partial charge in [-0.3, -0.25) is 4.79 Å². The predicted octanol–water partition coefficient (Wildman–Crippen LogP) is 3.00. The van der Waals surface area contributed by atoms with Crippen LogP contribution in [-0.4, -0.2) is 30.4 Å². The molecule has 1 aliphatic rings. The first-order valence-electron chi connectivity index (χ1n) is 7.62. The number of hydrogen-bond donors (Lipinski definition) is 2. The molecule has 5 nitrogen and oxygen atoms in total. The first-order valence-corrected chi connectivity index (χ1v) is 8.60. The van der Waals surface area contributed by atoms with Crippen molar-refractivity contribution in [1.82, 2.24) is 10.6 Å². The van der Waals surface area contributed by atoms with Crippen LogP contribution in [0.15, 0.2) is 23.1 Å². The fourth-order valence-corrected chi connectivity index (χ4v) is 3.43. The van der Waals surface area contributed by atoms with E-state index in [4.69, 9.17) is 4.74 Å². The summed E-state index contributed by atoms with van der Waals surface area (Å²) in [5, 5.41) is 5.46. The van der Waals surface area contributed by atoms with Crippen LogP contribution < -0.4 is 10.6 Å². The topological polar surface area (TPSA) is 67.4 Å². The number of fused-ring (bicyclic) bond motifs is 1. The molecule has 0 bridgehead atoms. The summed E-state index contributed by atoms with van der Waals surface area (Å²) in [7, 11) is 0. The molecular weight excluding hydrogens is 319 g/mol. The van der Waals surface area contributed by atoms with Gasteiger partial charge in [0.25, 0.3) is 0 Å². The van der Waals surface area contributed by atoms with Gasteiger partial charge in [-0.15, -0.1) is 11.8 Å². The van der Waals surface area contributed by atoms with E-state index in [1.807, 2.05) is 0 Å². The molecule has 1 aromatic rings. The molecule has 1 atom stereocenters. The number of hydrogen-bond acceptors (Lipinski definition) is 4. The second-order valence-corrected chi connectivity index (χ2v) is 6.70. The first-order chi connectivity index (χ1) is 11.0. The second kappa shape index (κ2) is 8.19. The van der Waals surface area contributed by atoms with Crippen LogP contribution in [0.2, 0.25) is 0 Å². The van der Waals surface area contributed by atoms with Gasteiger partial charge in [-0.25, -0.2) is 9.18 Å². The number of halogens is 1. The molecule has 0 fully saturated rings. The van der Waals surface area contributed by atoms with Crippen LogP contribution in [0.5, 0.6) is 0 Å². The number of urea groups is 1. The third kappa shape index (κ3) is 5.42. The van der Waals surface area contributed by atoms with Crippen molar-refractivity contribution in [3.63, 3.8) is 0 Å². The highest BCUT2D eigenvalue weighted by Crippen LogP contribution is 2.36. The molecule has 23 heavy (non-hydrogen) atoms. The molecule has 0 saturated carbocycles. The van der Waals surface area contributed by atoms with Crippen LogP contribution in [0.1, 0.15) is 38.3 Å². The van der Waals surface area contributed by atoms with Crippen molar-refractivity contribution in [3.05, 3.63) is 29.6 Å². The highest BCUT2D eigenvalue weighted by Gasteiger charge is 2.22. The Morgan fingerprint density at radius 2 is 2.22 bits per heavy atom. The van der Waals surface area contributed by atoms with Crippen molar-refractivity contribution >= 4 is 23.8 Å². The molecule has 2 rings (SSSR count). The minimum absolute atomic E-state index is 0.122. The number of esters is 1. The molecule has 1 aromatic carbocycles. The number of thioether (sulfide) groups is 1. The van der Waals surface area contributed by atoms with Gasteiger partial charge < -0.3 is 15.4 Å². The molecule has 2 amide bonds. The molecule has 0 aromatic heterocycles. The highest BCUT2D eigenvalue weighted by atomic mass is 32.2. The van der Waals surface area contributed by atoms with E-state index in [-0.39, 0.29) is 42.9 Å². The number of rotatable bonds is 5. The standard InChI is InChI=1S/C16H21FN2O3S/c1-10(2)22-15(20)5-7-18-16(21)19-13-6-8-23-14-4-3-11(17)9-12(13)14/h3-4,9-10,13H,5-8H2,1-2H3,(H2,18,19,21). The lowest BCUT2D eigenvalue weighted by molar-refractivity contribution is -0.147. The Morgan fingerprint density at radius 3 is 2.96 bits per heavy atom. The van der Waals surface area contributed by atoms with Crippen molar-refractivity contribution in [2.24, 2.45) is 0 Å². The van der Waals surface area contributed by atoms with E-state index in [0.29, 0.717) is 0 Å². The van der Waals surface area contributed by atoms with Crippen molar-refractivity contribution in [1.29, 1.82) is 0 Å². The smallest absolute Gasteiger partial charge is 0.315 e. The quantitative estimate of drug-likeness (QED) is 0.809. The van der Waals surface area contributed by atoms with Crippen molar-refractivity contribution in [2.75, 3.05) is 12.3 Å². The van der Waals surface area contributed by atoms with Crippen molar-refractivity contribution in [2.45, 2.75) is 43.7 Å². The summed E-state index contributed by atoms with van der Waals surface area (Å²) in [6, 6.07) is 4.04. The normalized spacial score (nSPS) is 16.6. The second-order valence-electron chi connectivity index (χ2n) is 5.56. The first kappa shape index (κ1) is 17.6. The summed E-state index contributed by atoms with van der Waals surface area (Å²) in [4.78, 5) is 24.3. The molecule has 0 radical (unpaired) electrons. The Kier molecular flexibility index (Phi) is 6.27. The maximum atomic E-state index is 13.4. The van der Waals surface area contributed by atoms with Crippen molar-refractivity contribution in [3.8, 4) is 0 Å². The van der Waals surface area contributed by atoms with E-state index >= 15 is 0 Å². The van der Waals surface area contributed by atoms with Crippen LogP contribution in [0, 0.1) is 5.82 Å². The number of benzene rings is 1. The van der Waals surface area contributed by atoms with E-state index in [0.717, 1.165) is 22.6 Å². The minimum atomic E-state index is -0.366. The van der Waals surface area contributed by atoms with Crippen LogP contribution in [0.3, 0.4) is 0 Å². The monoisotopic (exact) mass is 340 g/mol. The number of carbonyl (C=O) groups excluding carboxylic acids is 2. The van der Waals surface area contributed by atoms with Gasteiger partial charge in [-0.05, 0) is 44.0 Å². The fraction of sp³-hybridized carbons (Fsp3) is 0.500. The minimum Gasteiger partial charge on any atom is -0.463 e. The number of carbonyl (C=O) groups is 2. The third-order valence-corrected chi connectivity index (χ3v) is 4.42. The summed E-state index contributed by atoms with van der Waals surface area (Å²) in [5.41, 5.74) is 0.801. The van der Waals surface area contributed by atoms with Gasteiger partial charge in [0.15, 0.2) is 0 Å². The Bertz CT molecular complexity index is 580. The zero-order valence-corrected chi connectivity index (χ0v) is 14.0. The SMILES string of the molecule is CC(C)OC(=O)CCNC(=O)NC1CCSc2ccc(F)cc21. The van der Waals surface area contributed by atoms with E-state index < -0.39 is 0 Å². The Hall–Kier alpha value is -1.76. The van der Waals surface area contributed by atoms with E-state index in [2.05, 4.69) is 10.6 Å². The van der Waals surface area contributed by atoms with Gasteiger partial charge in [0.2, 0.25) is 0 Å². The lowest BCUT2D eigenvalue weighted by Crippen LogP contribution is -2.40. The summed E-state index contributed by atoms with van der Waals surface area (Å²) in [6.07, 6.45) is 0.698. The van der Waals surface area contributed by atoms with Gasteiger partial charge in [0.05, 0.1) is 18.6 Å². The predicted molar refractivity (Wildman–Crippen MR) is 86.9 cm³/mol. The largest absolute Gasteiger partial charge is 0.463 e. The molecule has 1 heterocycles. The fourth-order valence-electron chi connectivity index (χ4n) is 2.32. The summed E-state index contributed by atoms with van der Waals surface area (Å²) in [5.74, 6) is 0.210. The van der Waals surface area contributed by atoms with Crippen LogP contribution in [0.25, 0.3) is 0 Å². The molecule has 0 aliphatic carbocycles. The van der Waals surface area contributed by atoms with Gasteiger partial charge >= 0.3 is 12.0 Å². The van der Waals surface area contributed by atoms with Gasteiger partial charge in [0.1, 0.15) is 5.82 Å². The van der Waals surface area contributed by atoms with Crippen LogP contribution >= 0.6 is 11.8 Å². The average molecular weight is 340 g/mol. The maximum absolute atomic E-state index is 13.4. The summed E-state index contributed by atoms with van der Waals surface area (Å²) >= 11 is 1.66. The lowest BCUT2D eigenvalue weighted by Gasteiger charge is -2.26. The number of nitrogens with one attached hydrogen (secondary N) is 2. The van der Waals surface area contributed by atoms with Gasteiger partial charge in [-0.2, -0.15) is 0 Å². The highest BCUT2D eigenvalue weighted by molar-refractivity contribution is 7.99. The lowest BCUT2D eigenvalue weighted by atomic mass is 10.0. The number of amides is 2. The molecule has 2 N–H and O–H groups in total. The zero-order chi connectivity index (χ0) is 16.8. The zero-order valence-electron chi connectivity index (χ0n) is 13.2. The van der Waals surface area contributed by atoms with E-state index in [1.54, 1.807) is 31.7 Å². The Balaban J connectivity index is 1.83. The van der Waals surface area contributed by atoms with E-state index in [1.165, 1.54) is 12.1 Å². The molecule has 7 heteroatoms. The third-order valence-electron chi connectivity index (χ3n) is 3.30. The summed E-state index contributed by atoms with van der Waals surface area (Å²) < 4.78 is 18.4. The van der Waals surface area contributed by atoms with Crippen LogP contribution in [0.4, 0.5) is 9.18 Å². The Morgan fingerprint density at radius 1 is 1.43 bits per heavy atom. The molecule has 0 spiro atoms. The number of ether oxygens (including phenoxy) is 1. The maximum Gasteiger partial charge on any atom is 0.315 e. The van der Waals surface area contributed by atoms with Crippen molar-refractivity contribution < 1.29 is 18.7 Å². The molecule has 1 aliphatic heterocycles. The van der Waals surface area contributed by atoms with Gasteiger partial charge in [0, 0.05) is 17.2 Å². The van der Waals surface area contributed by atoms with E-state index in [9.17, 15) is 14.0 Å². The molecule has 1 unspecified atom stereocenters. The molecule has 126 valence electrons. The average Bonchev–Trinajstić information content (AvgIpc) is 2.47. The Labute approximate surface area is 139 Å². The summed E-state index contributed by atoms with van der Waals surface area (Å²) in [6.45, 7) is 3.75. The molecule has 0 saturated heterocycles. The van der Waals surface area contributed by atoms with Crippen LogP contribution in [-0.2, 0) is 9.53 Å².